The molecule has 0 amide bonds. The lowest BCUT2D eigenvalue weighted by atomic mass is 10.1. The van der Waals surface area contributed by atoms with Crippen molar-refractivity contribution in [3.8, 4) is 5.75 Å². The van der Waals surface area contributed by atoms with E-state index >= 15 is 0 Å². The summed E-state index contributed by atoms with van der Waals surface area (Å²) in [6.07, 6.45) is -7.37. The molecular weight excluding hydrogens is 223 g/mol. The standard InChI is InChI=1S/C10H12F3NO2/c1-5(2)8-7(15)4-3-6(14-8)9(16)10(11,12)13/h3-5,9,15-16H,1-2H3. The summed E-state index contributed by atoms with van der Waals surface area (Å²) in [5.74, 6) is -0.395. The van der Waals surface area contributed by atoms with E-state index in [2.05, 4.69) is 4.98 Å². The number of rotatable bonds is 2. The van der Waals surface area contributed by atoms with Gasteiger partial charge in [0.1, 0.15) is 5.75 Å². The molecule has 1 atom stereocenters. The molecule has 0 fully saturated rings. The fourth-order valence-corrected chi connectivity index (χ4v) is 1.23. The Bertz CT molecular complexity index is 377. The zero-order valence-corrected chi connectivity index (χ0v) is 8.78. The first-order valence-electron chi connectivity index (χ1n) is 4.68. The topological polar surface area (TPSA) is 53.4 Å². The van der Waals surface area contributed by atoms with Crippen molar-refractivity contribution in [2.75, 3.05) is 0 Å². The monoisotopic (exact) mass is 235 g/mol. The van der Waals surface area contributed by atoms with Crippen molar-refractivity contribution in [3.63, 3.8) is 0 Å². The number of aromatic hydroxyl groups is 1. The van der Waals surface area contributed by atoms with E-state index in [9.17, 15) is 18.3 Å². The van der Waals surface area contributed by atoms with Gasteiger partial charge in [0, 0.05) is 0 Å². The molecule has 0 aliphatic heterocycles. The summed E-state index contributed by atoms with van der Waals surface area (Å²) in [6, 6.07) is 2.06. The average Bonchev–Trinajstić information content (AvgIpc) is 2.15. The van der Waals surface area contributed by atoms with Crippen LogP contribution in [-0.2, 0) is 0 Å². The Morgan fingerprint density at radius 1 is 1.25 bits per heavy atom. The molecule has 1 aromatic rings. The van der Waals surface area contributed by atoms with Gasteiger partial charge in [-0.2, -0.15) is 13.2 Å². The molecule has 2 N–H and O–H groups in total. The Balaban J connectivity index is 3.13. The van der Waals surface area contributed by atoms with Crippen LogP contribution in [0.3, 0.4) is 0 Å². The molecule has 1 rings (SSSR count). The van der Waals surface area contributed by atoms with Crippen molar-refractivity contribution in [3.05, 3.63) is 23.5 Å². The van der Waals surface area contributed by atoms with Gasteiger partial charge < -0.3 is 10.2 Å². The Kier molecular flexibility index (Phi) is 3.42. The third-order valence-corrected chi connectivity index (χ3v) is 2.06. The number of aliphatic hydroxyl groups is 1. The summed E-state index contributed by atoms with van der Waals surface area (Å²) in [7, 11) is 0. The van der Waals surface area contributed by atoms with Crippen LogP contribution in [0.25, 0.3) is 0 Å². The van der Waals surface area contributed by atoms with E-state index in [1.807, 2.05) is 0 Å². The van der Waals surface area contributed by atoms with Crippen LogP contribution in [0.1, 0.15) is 37.3 Å². The third kappa shape index (κ3) is 2.63. The molecule has 16 heavy (non-hydrogen) atoms. The molecule has 0 aromatic carbocycles. The molecular formula is C10H12F3NO2. The summed E-state index contributed by atoms with van der Waals surface area (Å²) < 4.78 is 36.6. The fraction of sp³-hybridized carbons (Fsp3) is 0.500. The Labute approximate surface area is 90.6 Å². The first-order chi connectivity index (χ1) is 7.23. The zero-order valence-electron chi connectivity index (χ0n) is 8.78. The average molecular weight is 235 g/mol. The van der Waals surface area contributed by atoms with Gasteiger partial charge in [0.05, 0.1) is 11.4 Å². The Morgan fingerprint density at radius 3 is 2.25 bits per heavy atom. The van der Waals surface area contributed by atoms with Gasteiger partial charge >= 0.3 is 6.18 Å². The van der Waals surface area contributed by atoms with Crippen LogP contribution in [0.2, 0.25) is 0 Å². The summed E-state index contributed by atoms with van der Waals surface area (Å²) in [5, 5.41) is 18.3. The number of nitrogens with zero attached hydrogens (tertiary/aromatic N) is 1. The second-order valence-electron chi connectivity index (χ2n) is 3.74. The van der Waals surface area contributed by atoms with E-state index in [-0.39, 0.29) is 17.4 Å². The second-order valence-corrected chi connectivity index (χ2v) is 3.74. The van der Waals surface area contributed by atoms with Gasteiger partial charge in [-0.1, -0.05) is 13.8 Å². The molecule has 90 valence electrons. The van der Waals surface area contributed by atoms with Crippen LogP contribution in [0.5, 0.6) is 5.75 Å². The number of aliphatic hydroxyl groups excluding tert-OH is 1. The highest BCUT2D eigenvalue weighted by Gasteiger charge is 2.40. The Morgan fingerprint density at radius 2 is 1.81 bits per heavy atom. The maximum Gasteiger partial charge on any atom is 0.420 e. The molecule has 0 saturated heterocycles. The lowest BCUT2D eigenvalue weighted by Gasteiger charge is -2.16. The second kappa shape index (κ2) is 4.29. The minimum atomic E-state index is -4.75. The maximum absolute atomic E-state index is 12.2. The van der Waals surface area contributed by atoms with Crippen LogP contribution in [0.15, 0.2) is 12.1 Å². The normalized spacial score (nSPS) is 14.2. The number of halogens is 3. The molecule has 6 heteroatoms. The highest BCUT2D eigenvalue weighted by molar-refractivity contribution is 5.31. The third-order valence-electron chi connectivity index (χ3n) is 2.06. The first kappa shape index (κ1) is 12.8. The molecule has 1 unspecified atom stereocenters. The summed E-state index contributed by atoms with van der Waals surface area (Å²) >= 11 is 0. The SMILES string of the molecule is CC(C)c1nc(C(O)C(F)(F)F)ccc1O. The lowest BCUT2D eigenvalue weighted by Crippen LogP contribution is -2.21. The minimum Gasteiger partial charge on any atom is -0.506 e. The number of aromatic nitrogens is 1. The van der Waals surface area contributed by atoms with E-state index < -0.39 is 18.0 Å². The van der Waals surface area contributed by atoms with Crippen LogP contribution >= 0.6 is 0 Å². The van der Waals surface area contributed by atoms with Crippen molar-refractivity contribution < 1.29 is 23.4 Å². The molecule has 0 spiro atoms. The van der Waals surface area contributed by atoms with Crippen LogP contribution < -0.4 is 0 Å². The molecule has 1 heterocycles. The molecule has 1 aromatic heterocycles. The van der Waals surface area contributed by atoms with Crippen LogP contribution in [-0.4, -0.2) is 21.4 Å². The first-order valence-corrected chi connectivity index (χ1v) is 4.68. The Hall–Kier alpha value is -1.30. The van der Waals surface area contributed by atoms with Crippen molar-refractivity contribution in [1.29, 1.82) is 0 Å². The van der Waals surface area contributed by atoms with Crippen molar-refractivity contribution in [2.24, 2.45) is 0 Å². The number of alkyl halides is 3. The van der Waals surface area contributed by atoms with Crippen LogP contribution in [0.4, 0.5) is 13.2 Å². The van der Waals surface area contributed by atoms with Gasteiger partial charge in [0.25, 0.3) is 0 Å². The molecule has 0 bridgehead atoms. The van der Waals surface area contributed by atoms with Gasteiger partial charge in [-0.15, -0.1) is 0 Å². The van der Waals surface area contributed by atoms with Crippen molar-refractivity contribution in [2.45, 2.75) is 32.0 Å². The fourth-order valence-electron chi connectivity index (χ4n) is 1.23. The highest BCUT2D eigenvalue weighted by atomic mass is 19.4. The molecule has 3 nitrogen and oxygen atoms in total. The largest absolute Gasteiger partial charge is 0.506 e. The number of hydrogen-bond acceptors (Lipinski definition) is 3. The van der Waals surface area contributed by atoms with Crippen molar-refractivity contribution >= 4 is 0 Å². The summed E-state index contributed by atoms with van der Waals surface area (Å²) in [6.45, 7) is 3.37. The lowest BCUT2D eigenvalue weighted by molar-refractivity contribution is -0.208. The van der Waals surface area contributed by atoms with Gasteiger partial charge in [0.15, 0.2) is 6.10 Å². The van der Waals surface area contributed by atoms with Gasteiger partial charge in [-0.25, -0.2) is 0 Å². The van der Waals surface area contributed by atoms with Gasteiger partial charge in [0.2, 0.25) is 0 Å². The predicted molar refractivity (Wildman–Crippen MR) is 51.0 cm³/mol. The minimum absolute atomic E-state index is 0.140. The quantitative estimate of drug-likeness (QED) is 0.828. The predicted octanol–water partition coefficient (Wildman–Crippen LogP) is 2.51. The molecule has 0 radical (unpaired) electrons. The maximum atomic E-state index is 12.2. The highest BCUT2D eigenvalue weighted by Crippen LogP contribution is 2.33. The van der Waals surface area contributed by atoms with E-state index in [1.165, 1.54) is 0 Å². The summed E-state index contributed by atoms with van der Waals surface area (Å²) in [5.41, 5.74) is -0.366. The van der Waals surface area contributed by atoms with Gasteiger partial charge in [-0.3, -0.25) is 4.98 Å². The van der Waals surface area contributed by atoms with E-state index in [4.69, 9.17) is 5.11 Å². The van der Waals surface area contributed by atoms with E-state index in [0.29, 0.717) is 0 Å². The smallest absolute Gasteiger partial charge is 0.420 e. The van der Waals surface area contributed by atoms with Gasteiger partial charge in [-0.05, 0) is 18.1 Å². The molecule has 0 aliphatic carbocycles. The van der Waals surface area contributed by atoms with E-state index in [1.54, 1.807) is 13.8 Å². The number of hydrogen-bond donors (Lipinski definition) is 2. The summed E-state index contributed by atoms with van der Waals surface area (Å²) in [4.78, 5) is 3.62. The van der Waals surface area contributed by atoms with Crippen molar-refractivity contribution in [1.82, 2.24) is 4.98 Å². The molecule has 0 aliphatic rings. The van der Waals surface area contributed by atoms with Crippen LogP contribution in [0, 0.1) is 0 Å². The zero-order chi connectivity index (χ0) is 12.5. The molecule has 0 saturated carbocycles. The van der Waals surface area contributed by atoms with E-state index in [0.717, 1.165) is 12.1 Å². The number of pyridine rings is 1.